The van der Waals surface area contributed by atoms with E-state index in [0.717, 1.165) is 11.3 Å². The number of anilines is 1. The van der Waals surface area contributed by atoms with E-state index in [9.17, 15) is 16.8 Å². The Bertz CT molecular complexity index is 842. The van der Waals surface area contributed by atoms with Gasteiger partial charge in [-0.15, -0.1) is 11.3 Å². The average Bonchev–Trinajstić information content (AvgIpc) is 2.74. The standard InChI is InChI=1S/C9H10N4O5S3/c10-20(14,15)13-9-12-8(5-19-9)6-1-3-7(4-2-6)18-21(11,16)17/h1-5H,(H,12,13)(H2,10,14,15)(H2,11,16,17). The Morgan fingerprint density at radius 1 is 1.10 bits per heavy atom. The Labute approximate surface area is 125 Å². The number of thiazole rings is 1. The molecule has 0 aliphatic carbocycles. The van der Waals surface area contributed by atoms with Crippen LogP contribution in [0.3, 0.4) is 0 Å². The molecular formula is C9H10N4O5S3. The summed E-state index contributed by atoms with van der Waals surface area (Å²) < 4.78 is 49.8. The van der Waals surface area contributed by atoms with Crippen molar-refractivity contribution < 1.29 is 21.0 Å². The molecule has 1 heterocycles. The molecule has 0 atom stereocenters. The summed E-state index contributed by atoms with van der Waals surface area (Å²) in [5, 5.41) is 11.3. The lowest BCUT2D eigenvalue weighted by molar-refractivity contribution is 0.488. The third kappa shape index (κ3) is 4.95. The molecule has 114 valence electrons. The lowest BCUT2D eigenvalue weighted by Crippen LogP contribution is -2.21. The largest absolute Gasteiger partial charge is 0.380 e. The minimum absolute atomic E-state index is 0.0550. The summed E-state index contributed by atoms with van der Waals surface area (Å²) in [7, 11) is -7.95. The topological polar surface area (TPSA) is 154 Å². The summed E-state index contributed by atoms with van der Waals surface area (Å²) >= 11 is 1.06. The van der Waals surface area contributed by atoms with Crippen molar-refractivity contribution in [1.29, 1.82) is 0 Å². The second kappa shape index (κ2) is 5.57. The maximum atomic E-state index is 10.9. The van der Waals surface area contributed by atoms with E-state index in [1.54, 1.807) is 17.5 Å². The van der Waals surface area contributed by atoms with Gasteiger partial charge in [0.1, 0.15) is 5.75 Å². The predicted molar refractivity (Wildman–Crippen MR) is 78.0 cm³/mol. The van der Waals surface area contributed by atoms with Gasteiger partial charge >= 0.3 is 10.3 Å². The number of nitrogens with one attached hydrogen (secondary N) is 1. The number of hydrogen-bond acceptors (Lipinski definition) is 7. The first-order valence-corrected chi connectivity index (χ1v) is 9.11. The molecule has 1 aromatic carbocycles. The molecule has 2 rings (SSSR count). The van der Waals surface area contributed by atoms with Gasteiger partial charge in [0.2, 0.25) is 0 Å². The van der Waals surface area contributed by atoms with Gasteiger partial charge in [-0.05, 0) is 24.3 Å². The van der Waals surface area contributed by atoms with E-state index in [1.807, 2.05) is 0 Å². The minimum atomic E-state index is -4.08. The summed E-state index contributed by atoms with van der Waals surface area (Å²) in [6.45, 7) is 0. The van der Waals surface area contributed by atoms with Gasteiger partial charge < -0.3 is 4.18 Å². The van der Waals surface area contributed by atoms with Crippen LogP contribution in [-0.4, -0.2) is 21.8 Å². The number of nitrogens with two attached hydrogens (primary N) is 2. The molecule has 0 aliphatic heterocycles. The van der Waals surface area contributed by atoms with E-state index < -0.39 is 20.5 Å². The van der Waals surface area contributed by atoms with E-state index >= 15 is 0 Å². The van der Waals surface area contributed by atoms with Gasteiger partial charge in [-0.25, -0.2) is 14.8 Å². The maximum absolute atomic E-state index is 10.9. The van der Waals surface area contributed by atoms with Crippen molar-refractivity contribution in [3.05, 3.63) is 29.6 Å². The van der Waals surface area contributed by atoms with E-state index in [2.05, 4.69) is 13.9 Å². The zero-order chi connectivity index (χ0) is 15.7. The van der Waals surface area contributed by atoms with Crippen molar-refractivity contribution in [3.8, 4) is 17.0 Å². The monoisotopic (exact) mass is 350 g/mol. The molecular weight excluding hydrogens is 340 g/mol. The summed E-state index contributed by atoms with van der Waals surface area (Å²) in [5.41, 5.74) is 1.13. The first-order chi connectivity index (χ1) is 9.62. The van der Waals surface area contributed by atoms with Crippen molar-refractivity contribution >= 4 is 37.0 Å². The highest BCUT2D eigenvalue weighted by atomic mass is 32.2. The van der Waals surface area contributed by atoms with Gasteiger partial charge in [-0.3, -0.25) is 0 Å². The number of benzene rings is 1. The first-order valence-electron chi connectivity index (χ1n) is 5.21. The van der Waals surface area contributed by atoms with Crippen LogP contribution in [0.2, 0.25) is 0 Å². The molecule has 21 heavy (non-hydrogen) atoms. The van der Waals surface area contributed by atoms with Crippen molar-refractivity contribution in [2.24, 2.45) is 10.3 Å². The normalized spacial score (nSPS) is 12.1. The number of aromatic nitrogens is 1. The highest BCUT2D eigenvalue weighted by Crippen LogP contribution is 2.26. The second-order valence-electron chi connectivity index (χ2n) is 3.79. The molecule has 0 radical (unpaired) electrons. The van der Waals surface area contributed by atoms with E-state index in [1.165, 1.54) is 12.1 Å². The fourth-order valence-electron chi connectivity index (χ4n) is 1.39. The summed E-state index contributed by atoms with van der Waals surface area (Å²) in [6.07, 6.45) is 0. The third-order valence-electron chi connectivity index (χ3n) is 2.10. The van der Waals surface area contributed by atoms with Gasteiger partial charge in [0.15, 0.2) is 5.13 Å². The van der Waals surface area contributed by atoms with Crippen LogP contribution in [0.25, 0.3) is 11.3 Å². The van der Waals surface area contributed by atoms with E-state index in [-0.39, 0.29) is 10.9 Å². The Morgan fingerprint density at radius 3 is 2.24 bits per heavy atom. The smallest absolute Gasteiger partial charge is 0.371 e. The minimum Gasteiger partial charge on any atom is -0.371 e. The van der Waals surface area contributed by atoms with Crippen molar-refractivity contribution in [1.82, 2.24) is 4.98 Å². The van der Waals surface area contributed by atoms with Gasteiger partial charge in [0, 0.05) is 10.9 Å². The van der Waals surface area contributed by atoms with Crippen LogP contribution < -0.4 is 19.2 Å². The molecule has 0 fully saturated rings. The lowest BCUT2D eigenvalue weighted by Gasteiger charge is -2.03. The van der Waals surface area contributed by atoms with Crippen molar-refractivity contribution in [2.75, 3.05) is 4.72 Å². The van der Waals surface area contributed by atoms with E-state index in [4.69, 9.17) is 10.3 Å². The fourth-order valence-corrected chi connectivity index (χ4v) is 3.16. The molecule has 5 N–H and O–H groups in total. The molecule has 0 amide bonds. The summed E-state index contributed by atoms with van der Waals surface area (Å²) in [6, 6.07) is 5.89. The Kier molecular flexibility index (Phi) is 4.15. The molecule has 0 spiro atoms. The second-order valence-corrected chi connectivity index (χ2v) is 7.09. The summed E-state index contributed by atoms with van der Waals surface area (Å²) in [5.74, 6) is 0.0550. The molecule has 0 saturated carbocycles. The van der Waals surface area contributed by atoms with Crippen LogP contribution in [0, 0.1) is 0 Å². The average molecular weight is 350 g/mol. The van der Waals surface area contributed by atoms with Crippen molar-refractivity contribution in [2.45, 2.75) is 0 Å². The lowest BCUT2D eigenvalue weighted by atomic mass is 10.2. The molecule has 2 aromatic rings. The molecule has 0 unspecified atom stereocenters. The zero-order valence-corrected chi connectivity index (χ0v) is 12.7. The highest BCUT2D eigenvalue weighted by Gasteiger charge is 2.10. The molecule has 1 aromatic heterocycles. The predicted octanol–water partition coefficient (Wildman–Crippen LogP) is 0.00780. The Morgan fingerprint density at radius 2 is 1.71 bits per heavy atom. The van der Waals surface area contributed by atoms with Gasteiger partial charge in [0.25, 0.3) is 10.2 Å². The summed E-state index contributed by atoms with van der Waals surface area (Å²) in [4.78, 5) is 4.03. The zero-order valence-electron chi connectivity index (χ0n) is 10.3. The molecule has 0 saturated heterocycles. The van der Waals surface area contributed by atoms with Crippen LogP contribution in [0.4, 0.5) is 5.13 Å². The van der Waals surface area contributed by atoms with E-state index in [0.29, 0.717) is 11.3 Å². The van der Waals surface area contributed by atoms with Crippen molar-refractivity contribution in [3.63, 3.8) is 0 Å². The van der Waals surface area contributed by atoms with Crippen LogP contribution in [0.5, 0.6) is 5.75 Å². The molecule has 0 aliphatic rings. The SMILES string of the molecule is NS(=O)(=O)Nc1nc(-c2ccc(OS(N)(=O)=O)cc2)cs1. The maximum Gasteiger partial charge on any atom is 0.380 e. The Balaban J connectivity index is 2.19. The quantitative estimate of drug-likeness (QED) is 0.690. The van der Waals surface area contributed by atoms with Gasteiger partial charge in [0.05, 0.1) is 5.69 Å². The van der Waals surface area contributed by atoms with Gasteiger partial charge in [-0.1, -0.05) is 0 Å². The van der Waals surface area contributed by atoms with Crippen LogP contribution in [-0.2, 0) is 20.5 Å². The highest BCUT2D eigenvalue weighted by molar-refractivity contribution is 7.90. The first kappa shape index (κ1) is 15.7. The number of rotatable bonds is 5. The van der Waals surface area contributed by atoms with Crippen LogP contribution >= 0.6 is 11.3 Å². The van der Waals surface area contributed by atoms with Gasteiger partial charge in [-0.2, -0.15) is 22.0 Å². The fraction of sp³-hybridized carbons (Fsp3) is 0. The molecule has 0 bridgehead atoms. The Hall–Kier alpha value is -1.73. The van der Waals surface area contributed by atoms with Crippen LogP contribution in [0.1, 0.15) is 0 Å². The molecule has 9 nitrogen and oxygen atoms in total. The third-order valence-corrected chi connectivity index (χ3v) is 3.89. The number of nitrogens with zero attached hydrogens (tertiary/aromatic N) is 1. The molecule has 12 heteroatoms. The number of hydrogen-bond donors (Lipinski definition) is 3. The van der Waals surface area contributed by atoms with Crippen LogP contribution in [0.15, 0.2) is 29.6 Å².